The lowest BCUT2D eigenvalue weighted by Crippen LogP contribution is -2.33. The maximum Gasteiger partial charge on any atom is 0.225 e. The van der Waals surface area contributed by atoms with E-state index < -0.39 is 6.10 Å². The molecule has 1 N–H and O–H groups in total. The molecule has 0 spiro atoms. The van der Waals surface area contributed by atoms with Gasteiger partial charge in [-0.15, -0.1) is 0 Å². The van der Waals surface area contributed by atoms with E-state index in [-0.39, 0.29) is 12.3 Å². The zero-order chi connectivity index (χ0) is 19.4. The number of benzene rings is 1. The van der Waals surface area contributed by atoms with E-state index >= 15 is 0 Å². The minimum Gasteiger partial charge on any atom is -0.494 e. The molecule has 0 bridgehead atoms. The zero-order valence-electron chi connectivity index (χ0n) is 16.3. The molecule has 146 valence electrons. The number of hydrogen-bond donors (Lipinski definition) is 1. The number of nitrogens with zero attached hydrogens (tertiary/aromatic N) is 4. The molecule has 0 fully saturated rings. The Hall–Kier alpha value is -2.38. The second-order valence-electron chi connectivity index (χ2n) is 7.04. The highest BCUT2D eigenvalue weighted by atomic mass is 16.5. The molecule has 1 aromatic carbocycles. The average Bonchev–Trinajstić information content (AvgIpc) is 3.07. The number of fused-ring (bicyclic) bond motifs is 1. The van der Waals surface area contributed by atoms with Crippen molar-refractivity contribution in [3.05, 3.63) is 47.3 Å². The van der Waals surface area contributed by atoms with E-state index in [4.69, 9.17) is 4.74 Å². The van der Waals surface area contributed by atoms with Gasteiger partial charge in [-0.3, -0.25) is 14.4 Å². The zero-order valence-corrected chi connectivity index (χ0v) is 16.3. The van der Waals surface area contributed by atoms with Crippen LogP contribution < -0.4 is 4.74 Å². The average molecular weight is 372 g/mol. The molecule has 1 aromatic heterocycles. The first-order valence-electron chi connectivity index (χ1n) is 9.35. The van der Waals surface area contributed by atoms with Crippen molar-refractivity contribution < 1.29 is 14.6 Å². The molecule has 0 radical (unpaired) electrons. The van der Waals surface area contributed by atoms with E-state index in [1.54, 1.807) is 14.1 Å². The number of rotatable bonds is 7. The van der Waals surface area contributed by atoms with Crippen LogP contribution in [0.15, 0.2) is 30.3 Å². The Bertz CT molecular complexity index is 787. The Labute approximate surface area is 160 Å². The van der Waals surface area contributed by atoms with E-state index in [0.717, 1.165) is 37.6 Å². The van der Waals surface area contributed by atoms with Gasteiger partial charge < -0.3 is 14.7 Å². The number of carbonyl (C=O) groups is 1. The van der Waals surface area contributed by atoms with Crippen LogP contribution in [0.5, 0.6) is 5.75 Å². The van der Waals surface area contributed by atoms with Gasteiger partial charge in [0.2, 0.25) is 5.91 Å². The Balaban J connectivity index is 1.67. The van der Waals surface area contributed by atoms with Gasteiger partial charge in [-0.2, -0.15) is 5.10 Å². The maximum atomic E-state index is 11.8. The van der Waals surface area contributed by atoms with E-state index in [1.807, 2.05) is 35.9 Å². The first-order chi connectivity index (χ1) is 13.0. The van der Waals surface area contributed by atoms with Crippen LogP contribution in [0.3, 0.4) is 0 Å². The smallest absolute Gasteiger partial charge is 0.225 e. The van der Waals surface area contributed by atoms with Crippen LogP contribution >= 0.6 is 0 Å². The van der Waals surface area contributed by atoms with Gasteiger partial charge in [0.05, 0.1) is 31.0 Å². The number of para-hydroxylation sites is 1. The van der Waals surface area contributed by atoms with E-state index in [0.29, 0.717) is 12.3 Å². The van der Waals surface area contributed by atoms with E-state index in [1.165, 1.54) is 10.5 Å². The quantitative estimate of drug-likeness (QED) is 0.803. The van der Waals surface area contributed by atoms with Crippen molar-refractivity contribution in [3.63, 3.8) is 0 Å². The molecule has 1 amide bonds. The number of ether oxygens (including phenoxy) is 1. The number of carbonyl (C=O) groups excluding carboxylic acids is 1. The molecule has 3 rings (SSSR count). The van der Waals surface area contributed by atoms with Crippen molar-refractivity contribution in [2.24, 2.45) is 0 Å². The van der Waals surface area contributed by atoms with Gasteiger partial charge in [0.25, 0.3) is 0 Å². The maximum absolute atomic E-state index is 11.8. The number of aliphatic hydroxyl groups is 1. The molecule has 2 aromatic rings. The molecule has 7 nitrogen and oxygen atoms in total. The van der Waals surface area contributed by atoms with Crippen molar-refractivity contribution in [1.82, 2.24) is 19.6 Å². The van der Waals surface area contributed by atoms with Crippen LogP contribution in [0, 0.1) is 0 Å². The van der Waals surface area contributed by atoms with E-state index in [2.05, 4.69) is 16.1 Å². The van der Waals surface area contributed by atoms with Gasteiger partial charge in [-0.1, -0.05) is 18.2 Å². The topological polar surface area (TPSA) is 70.8 Å². The van der Waals surface area contributed by atoms with Crippen LogP contribution in [0.2, 0.25) is 0 Å². The van der Waals surface area contributed by atoms with Crippen LogP contribution in [0.25, 0.3) is 0 Å². The molecule has 0 saturated carbocycles. The van der Waals surface area contributed by atoms with Gasteiger partial charge in [-0.25, -0.2) is 0 Å². The second kappa shape index (κ2) is 8.54. The summed E-state index contributed by atoms with van der Waals surface area (Å²) in [4.78, 5) is 15.6. The fraction of sp³-hybridized carbons (Fsp3) is 0.500. The van der Waals surface area contributed by atoms with Gasteiger partial charge in [0, 0.05) is 39.3 Å². The molecular formula is C20H28N4O3. The van der Waals surface area contributed by atoms with Gasteiger partial charge >= 0.3 is 0 Å². The molecule has 2 heterocycles. The van der Waals surface area contributed by atoms with Gasteiger partial charge in [0.15, 0.2) is 0 Å². The summed E-state index contributed by atoms with van der Waals surface area (Å²) in [6.45, 7) is 5.84. The van der Waals surface area contributed by atoms with Gasteiger partial charge in [0.1, 0.15) is 11.9 Å². The summed E-state index contributed by atoms with van der Waals surface area (Å²) in [6, 6.07) is 10.0. The molecule has 0 unspecified atom stereocenters. The predicted molar refractivity (Wildman–Crippen MR) is 102 cm³/mol. The summed E-state index contributed by atoms with van der Waals surface area (Å²) in [7, 11) is 3.37. The second-order valence-corrected chi connectivity index (χ2v) is 7.04. The lowest BCUT2D eigenvalue weighted by Gasteiger charge is -2.28. The van der Waals surface area contributed by atoms with Crippen molar-refractivity contribution in [2.45, 2.75) is 39.1 Å². The van der Waals surface area contributed by atoms with Crippen LogP contribution in [0.1, 0.15) is 36.4 Å². The normalized spacial score (nSPS) is 15.3. The minimum absolute atomic E-state index is 0.0505. The fourth-order valence-corrected chi connectivity index (χ4v) is 3.26. The third-order valence-electron chi connectivity index (χ3n) is 4.77. The number of hydrogen-bond acceptors (Lipinski definition) is 5. The molecule has 1 aliphatic heterocycles. The lowest BCUT2D eigenvalue weighted by molar-refractivity contribution is -0.130. The Morgan fingerprint density at radius 1 is 1.33 bits per heavy atom. The summed E-state index contributed by atoms with van der Waals surface area (Å²) in [5.74, 6) is 0.819. The monoisotopic (exact) mass is 372 g/mol. The summed E-state index contributed by atoms with van der Waals surface area (Å²) >= 11 is 0. The molecule has 1 aliphatic rings. The van der Waals surface area contributed by atoms with Crippen LogP contribution in [-0.4, -0.2) is 57.8 Å². The summed E-state index contributed by atoms with van der Waals surface area (Å²) in [5.41, 5.74) is 2.79. The standard InChI is InChI=1S/C20H28N4O3/c1-4-27-19-8-6-5-7-15(19)13-23-9-10-24-16(14-23)11-17(21-24)18(25)12-20(26)22(2)3/h5-8,11,18,25H,4,9-10,12-14H2,1-3H3/t18-/m0/s1. The van der Waals surface area contributed by atoms with Crippen molar-refractivity contribution in [1.29, 1.82) is 0 Å². The first kappa shape index (κ1) is 19.4. The van der Waals surface area contributed by atoms with Gasteiger partial charge in [-0.05, 0) is 19.1 Å². The first-order valence-corrected chi connectivity index (χ1v) is 9.35. The molecule has 0 saturated heterocycles. The number of aromatic nitrogens is 2. The van der Waals surface area contributed by atoms with Crippen LogP contribution in [-0.2, 0) is 24.4 Å². The molecule has 1 atom stereocenters. The Morgan fingerprint density at radius 3 is 2.85 bits per heavy atom. The molecule has 0 aliphatic carbocycles. The predicted octanol–water partition coefficient (Wildman–Crippen LogP) is 1.81. The third kappa shape index (κ3) is 4.67. The van der Waals surface area contributed by atoms with Crippen LogP contribution in [0.4, 0.5) is 0 Å². The summed E-state index contributed by atoms with van der Waals surface area (Å²) in [6.07, 6.45) is -0.820. The van der Waals surface area contributed by atoms with Crippen molar-refractivity contribution in [3.8, 4) is 5.75 Å². The molecular weight excluding hydrogens is 344 g/mol. The number of amides is 1. The highest BCUT2D eigenvalue weighted by molar-refractivity contribution is 5.76. The summed E-state index contributed by atoms with van der Waals surface area (Å²) < 4.78 is 7.66. The summed E-state index contributed by atoms with van der Waals surface area (Å²) in [5, 5.41) is 14.8. The molecule has 27 heavy (non-hydrogen) atoms. The lowest BCUT2D eigenvalue weighted by atomic mass is 10.1. The highest BCUT2D eigenvalue weighted by Crippen LogP contribution is 2.24. The highest BCUT2D eigenvalue weighted by Gasteiger charge is 2.23. The Morgan fingerprint density at radius 2 is 2.11 bits per heavy atom. The SMILES string of the molecule is CCOc1ccccc1CN1CCn2nc([C@@H](O)CC(=O)N(C)C)cc2C1. The molecule has 7 heteroatoms. The Kier molecular flexibility index (Phi) is 6.13. The van der Waals surface area contributed by atoms with Crippen molar-refractivity contribution >= 4 is 5.91 Å². The van der Waals surface area contributed by atoms with E-state index in [9.17, 15) is 9.90 Å². The minimum atomic E-state index is -0.870. The fourth-order valence-electron chi connectivity index (χ4n) is 3.26. The van der Waals surface area contributed by atoms with Crippen molar-refractivity contribution in [2.75, 3.05) is 27.2 Å². The third-order valence-corrected chi connectivity index (χ3v) is 4.77. The largest absolute Gasteiger partial charge is 0.494 e. The number of aliphatic hydroxyl groups excluding tert-OH is 1.